The number of anilines is 2. The molecule has 0 radical (unpaired) electrons. The smallest absolute Gasteiger partial charge is 0.255 e. The molecule has 0 atom stereocenters. The summed E-state index contributed by atoms with van der Waals surface area (Å²) in [5.41, 5.74) is 4.83. The Labute approximate surface area is 187 Å². The first-order valence-corrected chi connectivity index (χ1v) is 10.5. The Bertz CT molecular complexity index is 1160. The van der Waals surface area contributed by atoms with E-state index in [1.54, 1.807) is 24.3 Å². The largest absolute Gasteiger partial charge is 0.325 e. The van der Waals surface area contributed by atoms with Gasteiger partial charge in [-0.2, -0.15) is 0 Å². The van der Waals surface area contributed by atoms with Crippen molar-refractivity contribution in [3.8, 4) is 0 Å². The maximum absolute atomic E-state index is 13.2. The molecule has 0 aromatic heterocycles. The third-order valence-corrected chi connectivity index (χ3v) is 5.22. The summed E-state index contributed by atoms with van der Waals surface area (Å²) in [5.74, 6) is -0.749. The molecule has 4 nitrogen and oxygen atoms in total. The zero-order valence-corrected chi connectivity index (χ0v) is 17.8. The van der Waals surface area contributed by atoms with Gasteiger partial charge in [0.25, 0.3) is 5.91 Å². The van der Waals surface area contributed by atoms with Crippen LogP contribution in [0, 0.1) is 6.92 Å². The molecule has 0 bridgehead atoms. The second-order valence-corrected chi connectivity index (χ2v) is 7.64. The molecule has 0 spiro atoms. The Kier molecular flexibility index (Phi) is 6.42. The van der Waals surface area contributed by atoms with Gasteiger partial charge in [0, 0.05) is 16.9 Å². The van der Waals surface area contributed by atoms with Gasteiger partial charge in [0.1, 0.15) is 0 Å². The molecule has 0 heterocycles. The topological polar surface area (TPSA) is 58.2 Å². The zero-order chi connectivity index (χ0) is 22.3. The van der Waals surface area contributed by atoms with Crippen LogP contribution in [0.1, 0.15) is 33.0 Å². The van der Waals surface area contributed by atoms with Crippen molar-refractivity contribution >= 4 is 23.2 Å². The van der Waals surface area contributed by atoms with Crippen molar-refractivity contribution in [2.45, 2.75) is 12.8 Å². The van der Waals surface area contributed by atoms with Crippen molar-refractivity contribution in [3.05, 3.63) is 131 Å². The average molecular weight is 421 g/mol. The first kappa shape index (κ1) is 21.1. The first-order chi connectivity index (χ1) is 15.6. The van der Waals surface area contributed by atoms with E-state index in [1.807, 2.05) is 91.9 Å². The number of nitrogens with one attached hydrogen (secondary N) is 2. The number of benzene rings is 4. The van der Waals surface area contributed by atoms with Gasteiger partial charge in [-0.1, -0.05) is 72.8 Å². The van der Waals surface area contributed by atoms with Gasteiger partial charge < -0.3 is 10.6 Å². The molecular formula is C28H24N2O2. The van der Waals surface area contributed by atoms with Crippen LogP contribution >= 0.6 is 0 Å². The highest BCUT2D eigenvalue weighted by atomic mass is 16.2. The maximum Gasteiger partial charge on any atom is 0.255 e. The van der Waals surface area contributed by atoms with Crippen LogP contribution < -0.4 is 10.6 Å². The number of rotatable bonds is 6. The van der Waals surface area contributed by atoms with Gasteiger partial charge in [-0.25, -0.2) is 0 Å². The van der Waals surface area contributed by atoms with Crippen molar-refractivity contribution in [1.29, 1.82) is 0 Å². The van der Waals surface area contributed by atoms with Crippen molar-refractivity contribution in [2.24, 2.45) is 0 Å². The van der Waals surface area contributed by atoms with Crippen molar-refractivity contribution in [2.75, 3.05) is 10.6 Å². The fourth-order valence-electron chi connectivity index (χ4n) is 3.63. The van der Waals surface area contributed by atoms with Crippen LogP contribution in [-0.2, 0) is 4.79 Å². The zero-order valence-electron chi connectivity index (χ0n) is 17.8. The molecule has 158 valence electrons. The molecule has 0 aliphatic carbocycles. The predicted octanol–water partition coefficient (Wildman–Crippen LogP) is 6.02. The van der Waals surface area contributed by atoms with Crippen molar-refractivity contribution < 1.29 is 9.59 Å². The van der Waals surface area contributed by atoms with E-state index in [4.69, 9.17) is 0 Å². The van der Waals surface area contributed by atoms with E-state index in [1.165, 1.54) is 0 Å². The summed E-state index contributed by atoms with van der Waals surface area (Å²) in [4.78, 5) is 25.8. The second kappa shape index (κ2) is 9.75. The molecule has 2 amide bonds. The lowest BCUT2D eigenvalue weighted by atomic mass is 9.90. The van der Waals surface area contributed by atoms with Gasteiger partial charge >= 0.3 is 0 Å². The minimum atomic E-state index is -0.429. The van der Waals surface area contributed by atoms with Crippen LogP contribution in [0.3, 0.4) is 0 Å². The fraction of sp³-hybridized carbons (Fsp3) is 0.0714. The molecule has 0 saturated carbocycles. The molecule has 32 heavy (non-hydrogen) atoms. The van der Waals surface area contributed by atoms with E-state index in [-0.39, 0.29) is 11.8 Å². The lowest BCUT2D eigenvalue weighted by molar-refractivity contribution is -0.116. The van der Waals surface area contributed by atoms with Crippen LogP contribution in [0.15, 0.2) is 109 Å². The minimum absolute atomic E-state index is 0.126. The number of aryl methyl sites for hydroxylation is 1. The van der Waals surface area contributed by atoms with Crippen LogP contribution in [-0.4, -0.2) is 11.8 Å². The molecule has 0 aliphatic heterocycles. The van der Waals surface area contributed by atoms with E-state index in [2.05, 4.69) is 10.6 Å². The molecule has 0 unspecified atom stereocenters. The quantitative estimate of drug-likeness (QED) is 0.401. The van der Waals surface area contributed by atoms with E-state index < -0.39 is 5.92 Å². The lowest BCUT2D eigenvalue weighted by Crippen LogP contribution is -2.22. The summed E-state index contributed by atoms with van der Waals surface area (Å²) in [6.07, 6.45) is 0. The van der Waals surface area contributed by atoms with Gasteiger partial charge in [0.15, 0.2) is 0 Å². The average Bonchev–Trinajstić information content (AvgIpc) is 2.81. The summed E-state index contributed by atoms with van der Waals surface area (Å²) >= 11 is 0. The highest BCUT2D eigenvalue weighted by molar-refractivity contribution is 6.05. The second-order valence-electron chi connectivity index (χ2n) is 7.64. The summed E-state index contributed by atoms with van der Waals surface area (Å²) in [6.45, 7) is 1.98. The Hall–Kier alpha value is -4.18. The SMILES string of the molecule is Cc1cccc(NC(=O)c2ccc(NC(=O)C(c3ccccc3)c3ccccc3)cc2)c1. The van der Waals surface area contributed by atoms with Gasteiger partial charge in [0.2, 0.25) is 5.91 Å². The molecule has 4 rings (SSSR count). The molecule has 0 fully saturated rings. The fourth-order valence-corrected chi connectivity index (χ4v) is 3.63. The van der Waals surface area contributed by atoms with E-state index >= 15 is 0 Å². The molecule has 4 aromatic rings. The Balaban J connectivity index is 1.49. The van der Waals surface area contributed by atoms with Gasteiger partial charge in [-0.15, -0.1) is 0 Å². The monoisotopic (exact) mass is 420 g/mol. The molecule has 0 saturated heterocycles. The molecule has 4 aromatic carbocycles. The minimum Gasteiger partial charge on any atom is -0.325 e. The summed E-state index contributed by atoms with van der Waals surface area (Å²) < 4.78 is 0. The molecule has 4 heteroatoms. The lowest BCUT2D eigenvalue weighted by Gasteiger charge is -2.18. The van der Waals surface area contributed by atoms with Crippen molar-refractivity contribution in [1.82, 2.24) is 0 Å². The number of amides is 2. The Morgan fingerprint density at radius 2 is 1.22 bits per heavy atom. The standard InChI is InChI=1S/C28H24N2O2/c1-20-9-8-14-25(19-20)30-27(31)23-15-17-24(18-16-23)29-28(32)26(21-10-4-2-5-11-21)22-12-6-3-7-13-22/h2-19,26H,1H3,(H,29,32)(H,30,31). The summed E-state index contributed by atoms with van der Waals surface area (Å²) in [6, 6.07) is 34.0. The number of hydrogen-bond donors (Lipinski definition) is 2. The number of carbonyl (C=O) groups is 2. The van der Waals surface area contributed by atoms with Crippen LogP contribution in [0.2, 0.25) is 0 Å². The van der Waals surface area contributed by atoms with Crippen LogP contribution in [0.4, 0.5) is 11.4 Å². The third kappa shape index (κ3) is 5.10. The van der Waals surface area contributed by atoms with E-state index in [0.29, 0.717) is 11.3 Å². The molecular weight excluding hydrogens is 396 g/mol. The molecule has 0 aliphatic rings. The van der Waals surface area contributed by atoms with E-state index in [9.17, 15) is 9.59 Å². The Morgan fingerprint density at radius 3 is 1.78 bits per heavy atom. The summed E-state index contributed by atoms with van der Waals surface area (Å²) in [5, 5.41) is 5.89. The predicted molar refractivity (Wildman–Crippen MR) is 129 cm³/mol. The van der Waals surface area contributed by atoms with E-state index in [0.717, 1.165) is 22.4 Å². The third-order valence-electron chi connectivity index (χ3n) is 5.22. The maximum atomic E-state index is 13.2. The van der Waals surface area contributed by atoms with Gasteiger partial charge in [-0.05, 0) is 60.0 Å². The Morgan fingerprint density at radius 1 is 0.625 bits per heavy atom. The van der Waals surface area contributed by atoms with Crippen LogP contribution in [0.25, 0.3) is 0 Å². The number of hydrogen-bond acceptors (Lipinski definition) is 2. The highest BCUT2D eigenvalue weighted by Crippen LogP contribution is 2.26. The summed E-state index contributed by atoms with van der Waals surface area (Å²) in [7, 11) is 0. The highest BCUT2D eigenvalue weighted by Gasteiger charge is 2.22. The number of carbonyl (C=O) groups excluding carboxylic acids is 2. The molecule has 2 N–H and O–H groups in total. The first-order valence-electron chi connectivity index (χ1n) is 10.5. The normalized spacial score (nSPS) is 10.6. The van der Waals surface area contributed by atoms with Gasteiger partial charge in [0.05, 0.1) is 5.92 Å². The van der Waals surface area contributed by atoms with Crippen molar-refractivity contribution in [3.63, 3.8) is 0 Å². The van der Waals surface area contributed by atoms with Crippen LogP contribution in [0.5, 0.6) is 0 Å². The van der Waals surface area contributed by atoms with Gasteiger partial charge in [-0.3, -0.25) is 9.59 Å².